The molecule has 1 saturated heterocycles. The lowest BCUT2D eigenvalue weighted by molar-refractivity contribution is -0.132. The molecule has 1 N–H and O–H groups in total. The Morgan fingerprint density at radius 3 is 2.43 bits per heavy atom. The van der Waals surface area contributed by atoms with Gasteiger partial charge in [0.2, 0.25) is 15.9 Å². The van der Waals surface area contributed by atoms with Crippen molar-refractivity contribution in [2.45, 2.75) is 36.6 Å². The highest BCUT2D eigenvalue weighted by molar-refractivity contribution is 7.89. The normalized spacial score (nSPS) is 15.0. The molecule has 35 heavy (non-hydrogen) atoms. The number of aryl methyl sites for hydroxylation is 2. The molecule has 0 unspecified atom stereocenters. The van der Waals surface area contributed by atoms with E-state index in [-0.39, 0.29) is 22.8 Å². The van der Waals surface area contributed by atoms with E-state index in [2.05, 4.69) is 10.3 Å². The van der Waals surface area contributed by atoms with Crippen LogP contribution >= 0.6 is 0 Å². The van der Waals surface area contributed by atoms with Gasteiger partial charge in [-0.1, -0.05) is 18.2 Å². The zero-order valence-corrected chi connectivity index (χ0v) is 21.1. The number of amides is 2. The summed E-state index contributed by atoms with van der Waals surface area (Å²) < 4.78 is 27.9. The van der Waals surface area contributed by atoms with Crippen LogP contribution in [0.5, 0.6) is 0 Å². The number of nitrogens with zero attached hydrogens (tertiary/aromatic N) is 4. The van der Waals surface area contributed by atoms with Crippen molar-refractivity contribution in [1.29, 1.82) is 0 Å². The summed E-state index contributed by atoms with van der Waals surface area (Å²) in [4.78, 5) is 31.8. The third-order valence-electron chi connectivity index (χ3n) is 6.50. The molecular weight excluding hydrogens is 466 g/mol. The maximum absolute atomic E-state index is 12.8. The van der Waals surface area contributed by atoms with Gasteiger partial charge in [0.25, 0.3) is 5.91 Å². The maximum atomic E-state index is 12.8. The first kappa shape index (κ1) is 24.9. The number of fused-ring (bicyclic) bond motifs is 1. The fourth-order valence-electron chi connectivity index (χ4n) is 4.33. The molecule has 4 rings (SSSR count). The third-order valence-corrected chi connectivity index (χ3v) is 8.32. The Labute approximate surface area is 205 Å². The van der Waals surface area contributed by atoms with E-state index in [0.29, 0.717) is 37.0 Å². The fourth-order valence-corrected chi connectivity index (χ4v) is 5.25. The van der Waals surface area contributed by atoms with Crippen molar-refractivity contribution in [2.75, 3.05) is 27.2 Å². The van der Waals surface area contributed by atoms with E-state index in [9.17, 15) is 18.0 Å². The van der Waals surface area contributed by atoms with Crippen molar-refractivity contribution in [3.8, 4) is 0 Å². The van der Waals surface area contributed by atoms with Gasteiger partial charge in [-0.05, 0) is 43.2 Å². The zero-order valence-electron chi connectivity index (χ0n) is 20.3. The number of nitrogens with one attached hydrogen (secondary N) is 1. The Hall–Kier alpha value is -3.24. The summed E-state index contributed by atoms with van der Waals surface area (Å²) in [5.74, 6) is 0.706. The number of carbonyl (C=O) groups excluding carboxylic acids is 2. The molecule has 2 amide bonds. The number of piperidine rings is 1. The molecule has 0 radical (unpaired) electrons. The molecule has 1 aliphatic heterocycles. The number of hydrogen-bond donors (Lipinski definition) is 1. The molecule has 0 aliphatic carbocycles. The second-order valence-electron chi connectivity index (χ2n) is 9.02. The van der Waals surface area contributed by atoms with Gasteiger partial charge in [0.15, 0.2) is 0 Å². The van der Waals surface area contributed by atoms with E-state index in [1.165, 1.54) is 18.4 Å². The molecule has 1 fully saturated rings. The Morgan fingerprint density at radius 2 is 1.77 bits per heavy atom. The molecule has 10 heteroatoms. The van der Waals surface area contributed by atoms with E-state index < -0.39 is 10.0 Å². The van der Waals surface area contributed by atoms with Gasteiger partial charge >= 0.3 is 0 Å². The quantitative estimate of drug-likeness (QED) is 0.539. The topological polar surface area (TPSA) is 105 Å². The van der Waals surface area contributed by atoms with Crippen LogP contribution in [0.3, 0.4) is 0 Å². The van der Waals surface area contributed by atoms with E-state index in [4.69, 9.17) is 0 Å². The molecule has 0 saturated carbocycles. The van der Waals surface area contributed by atoms with Crippen LogP contribution in [-0.2, 0) is 28.3 Å². The van der Waals surface area contributed by atoms with Gasteiger partial charge in [-0.2, -0.15) is 0 Å². The van der Waals surface area contributed by atoms with Gasteiger partial charge in [0.1, 0.15) is 5.82 Å². The van der Waals surface area contributed by atoms with Gasteiger partial charge in [-0.25, -0.2) is 17.7 Å². The van der Waals surface area contributed by atoms with Crippen molar-refractivity contribution in [3.05, 3.63) is 59.9 Å². The summed E-state index contributed by atoms with van der Waals surface area (Å²) in [5.41, 5.74) is 2.05. The Kier molecular flexibility index (Phi) is 7.23. The fraction of sp³-hybridized carbons (Fsp3) is 0.400. The number of imidazole rings is 1. The SMILES string of the molecule is CN(C)S(=O)(=O)c1ccc2c(c1)nc(CCC(=O)N1CCC(NC(=O)c3ccccc3)CC1)n2C. The average molecular weight is 498 g/mol. The standard InChI is InChI=1S/C25H31N5O4S/c1-28(2)35(33,34)20-9-10-22-21(17-20)27-23(29(22)3)11-12-24(31)30-15-13-19(14-16-30)26-25(32)18-7-5-4-6-8-18/h4-10,17,19H,11-16H2,1-3H3,(H,26,32). The largest absolute Gasteiger partial charge is 0.349 e. The van der Waals surface area contributed by atoms with Crippen LogP contribution in [-0.4, -0.2) is 72.2 Å². The highest BCUT2D eigenvalue weighted by Crippen LogP contribution is 2.22. The lowest BCUT2D eigenvalue weighted by Gasteiger charge is -2.32. The molecule has 2 heterocycles. The molecule has 0 spiro atoms. The van der Waals surface area contributed by atoms with Gasteiger partial charge in [0, 0.05) is 58.7 Å². The number of benzene rings is 2. The first-order chi connectivity index (χ1) is 16.7. The Bertz CT molecular complexity index is 1330. The first-order valence-corrected chi connectivity index (χ1v) is 13.1. The van der Waals surface area contributed by atoms with Crippen LogP contribution in [0, 0.1) is 0 Å². The number of hydrogen-bond acceptors (Lipinski definition) is 5. The Morgan fingerprint density at radius 1 is 1.09 bits per heavy atom. The monoisotopic (exact) mass is 497 g/mol. The zero-order chi connectivity index (χ0) is 25.2. The van der Waals surface area contributed by atoms with Crippen LogP contribution in [0.1, 0.15) is 35.4 Å². The van der Waals surface area contributed by atoms with Crippen LogP contribution < -0.4 is 5.32 Å². The predicted molar refractivity (Wildman–Crippen MR) is 133 cm³/mol. The number of rotatable bonds is 7. The molecule has 1 aromatic heterocycles. The van der Waals surface area contributed by atoms with Crippen molar-refractivity contribution < 1.29 is 18.0 Å². The summed E-state index contributed by atoms with van der Waals surface area (Å²) in [5, 5.41) is 3.06. The van der Waals surface area contributed by atoms with Crippen molar-refractivity contribution in [1.82, 2.24) is 24.1 Å². The molecular formula is C25H31N5O4S. The predicted octanol–water partition coefficient (Wildman–Crippen LogP) is 2.18. The van der Waals surface area contributed by atoms with Crippen LogP contribution in [0.15, 0.2) is 53.4 Å². The lowest BCUT2D eigenvalue weighted by atomic mass is 10.0. The molecule has 1 aliphatic rings. The minimum atomic E-state index is -3.54. The summed E-state index contributed by atoms with van der Waals surface area (Å²) in [6, 6.07) is 14.1. The second kappa shape index (κ2) is 10.2. The van der Waals surface area contributed by atoms with Gasteiger partial charge in [-0.15, -0.1) is 0 Å². The van der Waals surface area contributed by atoms with E-state index >= 15 is 0 Å². The maximum Gasteiger partial charge on any atom is 0.251 e. The van der Waals surface area contributed by atoms with Crippen molar-refractivity contribution in [3.63, 3.8) is 0 Å². The van der Waals surface area contributed by atoms with Crippen molar-refractivity contribution in [2.24, 2.45) is 7.05 Å². The molecule has 3 aromatic rings. The van der Waals surface area contributed by atoms with Crippen molar-refractivity contribution >= 4 is 32.9 Å². The number of sulfonamides is 1. The molecule has 9 nitrogen and oxygen atoms in total. The molecule has 0 bridgehead atoms. The number of carbonyl (C=O) groups is 2. The number of aromatic nitrogens is 2. The Balaban J connectivity index is 1.33. The molecule has 186 valence electrons. The summed E-state index contributed by atoms with van der Waals surface area (Å²) >= 11 is 0. The van der Waals surface area contributed by atoms with E-state index in [0.717, 1.165) is 24.2 Å². The van der Waals surface area contributed by atoms with Crippen LogP contribution in [0.2, 0.25) is 0 Å². The highest BCUT2D eigenvalue weighted by atomic mass is 32.2. The summed E-state index contributed by atoms with van der Waals surface area (Å²) in [6.45, 7) is 1.21. The minimum Gasteiger partial charge on any atom is -0.349 e. The van der Waals surface area contributed by atoms with Gasteiger partial charge in [-0.3, -0.25) is 9.59 Å². The van der Waals surface area contributed by atoms with E-state index in [1.54, 1.807) is 30.3 Å². The summed E-state index contributed by atoms with van der Waals surface area (Å²) in [7, 11) is 1.32. The van der Waals surface area contributed by atoms with Crippen LogP contribution in [0.4, 0.5) is 0 Å². The van der Waals surface area contributed by atoms with E-state index in [1.807, 2.05) is 34.7 Å². The summed E-state index contributed by atoms with van der Waals surface area (Å²) in [6.07, 6.45) is 2.23. The second-order valence-corrected chi connectivity index (χ2v) is 11.2. The number of likely N-dealkylation sites (tertiary alicyclic amines) is 1. The highest BCUT2D eigenvalue weighted by Gasteiger charge is 2.25. The van der Waals surface area contributed by atoms with Gasteiger partial charge in [0.05, 0.1) is 15.9 Å². The minimum absolute atomic E-state index is 0.0548. The van der Waals surface area contributed by atoms with Crippen LogP contribution in [0.25, 0.3) is 11.0 Å². The first-order valence-electron chi connectivity index (χ1n) is 11.7. The smallest absolute Gasteiger partial charge is 0.251 e. The van der Waals surface area contributed by atoms with Gasteiger partial charge < -0.3 is 14.8 Å². The molecule has 2 aromatic carbocycles. The third kappa shape index (κ3) is 5.38. The lowest BCUT2D eigenvalue weighted by Crippen LogP contribution is -2.46. The average Bonchev–Trinajstić information content (AvgIpc) is 3.18. The molecule has 0 atom stereocenters.